The maximum absolute atomic E-state index is 11.0. The molecule has 0 bridgehead atoms. The number of rotatable bonds is 7. The van der Waals surface area contributed by atoms with Crippen LogP contribution in [-0.2, 0) is 0 Å². The first-order chi connectivity index (χ1) is 16.2. The van der Waals surface area contributed by atoms with Gasteiger partial charge in [-0.2, -0.15) is 5.10 Å². The molecule has 2 aromatic heterocycles. The molecule has 7 nitrogen and oxygen atoms in total. The topological polar surface area (TPSA) is 91.6 Å². The number of aliphatic hydroxyl groups excluding tert-OH is 2. The summed E-state index contributed by atoms with van der Waals surface area (Å²) in [6.07, 6.45) is 5.27. The zero-order valence-corrected chi connectivity index (χ0v) is 18.9. The molecule has 0 saturated carbocycles. The summed E-state index contributed by atoms with van der Waals surface area (Å²) in [6, 6.07) is 11.3. The molecule has 33 heavy (non-hydrogen) atoms. The molecule has 2 N–H and O–H groups in total. The smallest absolute Gasteiger partial charge is 0.135 e. The lowest BCUT2D eigenvalue weighted by Crippen LogP contribution is -2.42. The van der Waals surface area contributed by atoms with Crippen molar-refractivity contribution >= 4 is 10.9 Å². The van der Waals surface area contributed by atoms with Crippen LogP contribution in [0.25, 0.3) is 10.9 Å². The van der Waals surface area contributed by atoms with Crippen LogP contribution in [0.1, 0.15) is 36.6 Å². The normalized spacial score (nSPS) is 19.6. The van der Waals surface area contributed by atoms with Crippen molar-refractivity contribution in [1.29, 1.82) is 0 Å². The highest BCUT2D eigenvalue weighted by Gasteiger charge is 2.29. The predicted molar refractivity (Wildman–Crippen MR) is 127 cm³/mol. The molecule has 3 aromatic rings. The second kappa shape index (κ2) is 11.2. The van der Waals surface area contributed by atoms with E-state index in [4.69, 9.17) is 4.74 Å². The van der Waals surface area contributed by atoms with Gasteiger partial charge >= 0.3 is 0 Å². The van der Waals surface area contributed by atoms with E-state index in [-0.39, 0.29) is 12.5 Å². The van der Waals surface area contributed by atoms with Gasteiger partial charge in [0.25, 0.3) is 0 Å². The van der Waals surface area contributed by atoms with Crippen molar-refractivity contribution in [2.45, 2.75) is 25.4 Å². The maximum Gasteiger partial charge on any atom is 0.135 e. The van der Waals surface area contributed by atoms with E-state index >= 15 is 0 Å². The largest absolute Gasteiger partial charge is 0.497 e. The SMILES string of the molecule is COc1ccc2nccc([C@H](O)CC[C@@H]3CCN(CC#Cc4cccnn4)C[C@@H]3CO)c2c1. The number of nitrogens with zero attached hydrogens (tertiary/aromatic N) is 4. The molecular formula is C26H30N4O3. The van der Waals surface area contributed by atoms with Crippen LogP contribution in [0, 0.1) is 23.7 Å². The summed E-state index contributed by atoms with van der Waals surface area (Å²) in [5.74, 6) is 7.51. The summed E-state index contributed by atoms with van der Waals surface area (Å²) in [5, 5.41) is 29.7. The number of aliphatic hydroxyl groups is 2. The van der Waals surface area contributed by atoms with Crippen molar-refractivity contribution in [3.63, 3.8) is 0 Å². The monoisotopic (exact) mass is 446 g/mol. The number of hydrogen-bond acceptors (Lipinski definition) is 7. The second-order valence-electron chi connectivity index (χ2n) is 8.51. The number of ether oxygens (including phenoxy) is 1. The molecule has 1 saturated heterocycles. The number of aromatic nitrogens is 3. The van der Waals surface area contributed by atoms with Gasteiger partial charge in [0.1, 0.15) is 11.4 Å². The molecule has 0 aliphatic carbocycles. The van der Waals surface area contributed by atoms with Gasteiger partial charge in [0.05, 0.1) is 25.3 Å². The van der Waals surface area contributed by atoms with Crippen molar-refractivity contribution in [3.05, 3.63) is 60.0 Å². The van der Waals surface area contributed by atoms with Crippen LogP contribution < -0.4 is 4.74 Å². The molecule has 7 heteroatoms. The Morgan fingerprint density at radius 3 is 2.91 bits per heavy atom. The van der Waals surface area contributed by atoms with Gasteiger partial charge in [-0.3, -0.25) is 9.88 Å². The van der Waals surface area contributed by atoms with E-state index in [0.29, 0.717) is 24.6 Å². The lowest BCUT2D eigenvalue weighted by molar-refractivity contribution is 0.0640. The molecule has 1 aliphatic heterocycles. The Hall–Kier alpha value is -3.05. The first kappa shape index (κ1) is 23.1. The van der Waals surface area contributed by atoms with E-state index < -0.39 is 6.10 Å². The average molecular weight is 447 g/mol. The quantitative estimate of drug-likeness (QED) is 0.539. The summed E-state index contributed by atoms with van der Waals surface area (Å²) in [7, 11) is 1.64. The van der Waals surface area contributed by atoms with Gasteiger partial charge in [-0.25, -0.2) is 0 Å². The zero-order chi connectivity index (χ0) is 23.0. The fourth-order valence-electron chi connectivity index (χ4n) is 4.59. The Morgan fingerprint density at radius 1 is 1.21 bits per heavy atom. The van der Waals surface area contributed by atoms with Crippen LogP contribution in [0.4, 0.5) is 0 Å². The summed E-state index contributed by atoms with van der Waals surface area (Å²) >= 11 is 0. The van der Waals surface area contributed by atoms with Crippen LogP contribution >= 0.6 is 0 Å². The van der Waals surface area contributed by atoms with Crippen LogP contribution in [0.2, 0.25) is 0 Å². The molecule has 0 amide bonds. The maximum atomic E-state index is 11.0. The first-order valence-electron chi connectivity index (χ1n) is 11.4. The molecule has 172 valence electrons. The summed E-state index contributed by atoms with van der Waals surface area (Å²) in [4.78, 5) is 6.68. The molecular weight excluding hydrogens is 416 g/mol. The van der Waals surface area contributed by atoms with Gasteiger partial charge in [0, 0.05) is 30.9 Å². The molecule has 4 rings (SSSR count). The third-order valence-electron chi connectivity index (χ3n) is 6.45. The fraction of sp³-hybridized carbons (Fsp3) is 0.423. The number of pyridine rings is 1. The van der Waals surface area contributed by atoms with Crippen molar-refractivity contribution < 1.29 is 14.9 Å². The lowest BCUT2D eigenvalue weighted by Gasteiger charge is -2.37. The number of hydrogen-bond donors (Lipinski definition) is 2. The standard InChI is InChI=1S/C26H30N4O3/c1-33-22-7-8-25-24(16-22)23(10-13-27-25)26(32)9-6-19-11-15-30(17-20(19)18-31)14-3-5-21-4-2-12-28-29-21/h2,4,7-8,10,12-13,16,19-20,26,31-32H,6,9,11,14-15,17-18H2,1H3/t19-,20-,26-/m1/s1. The number of fused-ring (bicyclic) bond motifs is 1. The van der Waals surface area contributed by atoms with E-state index in [9.17, 15) is 10.2 Å². The molecule has 3 atom stereocenters. The minimum Gasteiger partial charge on any atom is -0.497 e. The molecule has 1 fully saturated rings. The minimum atomic E-state index is -0.585. The predicted octanol–water partition coefficient (Wildman–Crippen LogP) is 2.83. The minimum absolute atomic E-state index is 0.143. The van der Waals surface area contributed by atoms with Crippen molar-refractivity contribution in [2.75, 3.05) is 33.4 Å². The molecule has 0 radical (unpaired) electrons. The lowest BCUT2D eigenvalue weighted by atomic mass is 9.81. The second-order valence-corrected chi connectivity index (χ2v) is 8.51. The van der Waals surface area contributed by atoms with Gasteiger partial charge in [-0.15, -0.1) is 5.10 Å². The molecule has 0 unspecified atom stereocenters. The van der Waals surface area contributed by atoms with Crippen LogP contribution in [-0.4, -0.2) is 63.6 Å². The van der Waals surface area contributed by atoms with Gasteiger partial charge < -0.3 is 14.9 Å². The van der Waals surface area contributed by atoms with Gasteiger partial charge in [-0.05, 0) is 85.5 Å². The van der Waals surface area contributed by atoms with E-state index in [1.54, 1.807) is 19.5 Å². The van der Waals surface area contributed by atoms with E-state index in [2.05, 4.69) is 31.9 Å². The highest BCUT2D eigenvalue weighted by molar-refractivity contribution is 5.83. The van der Waals surface area contributed by atoms with E-state index in [0.717, 1.165) is 48.1 Å². The van der Waals surface area contributed by atoms with Crippen LogP contribution in [0.5, 0.6) is 5.75 Å². The molecule has 1 aliphatic rings. The third kappa shape index (κ3) is 5.85. The fourth-order valence-corrected chi connectivity index (χ4v) is 4.59. The summed E-state index contributed by atoms with van der Waals surface area (Å²) < 4.78 is 5.35. The van der Waals surface area contributed by atoms with Crippen molar-refractivity contribution in [2.24, 2.45) is 11.8 Å². The van der Waals surface area contributed by atoms with Crippen LogP contribution in [0.3, 0.4) is 0 Å². The molecule has 0 spiro atoms. The van der Waals surface area contributed by atoms with Gasteiger partial charge in [-0.1, -0.05) is 5.92 Å². The van der Waals surface area contributed by atoms with E-state index in [1.807, 2.05) is 36.4 Å². The average Bonchev–Trinajstić information content (AvgIpc) is 2.87. The Labute approximate surface area is 194 Å². The number of piperidine rings is 1. The Morgan fingerprint density at radius 2 is 2.12 bits per heavy atom. The van der Waals surface area contributed by atoms with Gasteiger partial charge in [0.15, 0.2) is 0 Å². The molecule has 3 heterocycles. The Kier molecular flexibility index (Phi) is 7.84. The highest BCUT2D eigenvalue weighted by atomic mass is 16.5. The van der Waals surface area contributed by atoms with Gasteiger partial charge in [0.2, 0.25) is 0 Å². The first-order valence-corrected chi connectivity index (χ1v) is 11.4. The number of likely N-dealkylation sites (tertiary alicyclic amines) is 1. The zero-order valence-electron chi connectivity index (χ0n) is 18.9. The highest BCUT2D eigenvalue weighted by Crippen LogP contribution is 2.33. The Bertz CT molecular complexity index is 1110. The summed E-state index contributed by atoms with van der Waals surface area (Å²) in [6.45, 7) is 2.53. The third-order valence-corrected chi connectivity index (χ3v) is 6.45. The number of methoxy groups -OCH3 is 1. The molecule has 1 aromatic carbocycles. The van der Waals surface area contributed by atoms with E-state index in [1.165, 1.54) is 0 Å². The van der Waals surface area contributed by atoms with Crippen LogP contribution in [0.15, 0.2) is 48.8 Å². The summed E-state index contributed by atoms with van der Waals surface area (Å²) in [5.41, 5.74) is 2.38. The van der Waals surface area contributed by atoms with Crippen molar-refractivity contribution in [3.8, 4) is 17.6 Å². The van der Waals surface area contributed by atoms with Crippen molar-refractivity contribution in [1.82, 2.24) is 20.1 Å². The number of benzene rings is 1. The Balaban J connectivity index is 1.34.